The maximum Gasteiger partial charge on any atom is 0.338 e. The third kappa shape index (κ3) is 2.58. The second kappa shape index (κ2) is 6.28. The number of nitrogens with zero attached hydrogens (tertiary/aromatic N) is 1. The molecule has 0 fully saturated rings. The smallest absolute Gasteiger partial charge is 0.338 e. The van der Waals surface area contributed by atoms with Crippen molar-refractivity contribution >= 4 is 5.97 Å². The van der Waals surface area contributed by atoms with Gasteiger partial charge in [-0.2, -0.15) is 5.26 Å². The van der Waals surface area contributed by atoms with Gasteiger partial charge >= 0.3 is 5.97 Å². The maximum absolute atomic E-state index is 12.4. The summed E-state index contributed by atoms with van der Waals surface area (Å²) in [5.74, 6) is 0.0989. The van der Waals surface area contributed by atoms with Gasteiger partial charge in [-0.1, -0.05) is 12.1 Å². The van der Waals surface area contributed by atoms with Gasteiger partial charge in [0.2, 0.25) is 5.88 Å². The first-order chi connectivity index (χ1) is 11.6. The highest BCUT2D eigenvalue weighted by Gasteiger charge is 2.36. The van der Waals surface area contributed by atoms with Crippen molar-refractivity contribution in [3.8, 4) is 11.8 Å². The molecule has 124 valence electrons. The Balaban J connectivity index is 2.13. The van der Waals surface area contributed by atoms with Crippen LogP contribution in [0.15, 0.2) is 41.0 Å². The van der Waals surface area contributed by atoms with Gasteiger partial charge in [0.1, 0.15) is 23.2 Å². The van der Waals surface area contributed by atoms with Crippen molar-refractivity contribution in [3.05, 3.63) is 52.1 Å². The number of allylic oxidation sites excluding steroid dienone is 2. The van der Waals surface area contributed by atoms with E-state index in [0.717, 1.165) is 23.3 Å². The second-order valence-electron chi connectivity index (χ2n) is 5.58. The second-order valence-corrected chi connectivity index (χ2v) is 5.58. The largest absolute Gasteiger partial charge is 0.493 e. The lowest BCUT2D eigenvalue weighted by atomic mass is 9.82. The number of nitriles is 1. The minimum Gasteiger partial charge on any atom is -0.493 e. The quantitative estimate of drug-likeness (QED) is 0.856. The minimum atomic E-state index is -0.603. The molecule has 2 aliphatic rings. The van der Waals surface area contributed by atoms with Crippen LogP contribution in [0.4, 0.5) is 0 Å². The number of carbonyl (C=O) groups is 1. The minimum absolute atomic E-state index is 0.0183. The average Bonchev–Trinajstić information content (AvgIpc) is 3.01. The van der Waals surface area contributed by atoms with E-state index in [1.54, 1.807) is 13.8 Å². The lowest BCUT2D eigenvalue weighted by molar-refractivity contribution is -0.139. The fraction of sp³-hybridized carbons (Fsp3) is 0.333. The van der Waals surface area contributed by atoms with E-state index in [1.165, 1.54) is 0 Å². The van der Waals surface area contributed by atoms with E-state index in [9.17, 15) is 10.1 Å². The number of carbonyl (C=O) groups excluding carboxylic acids is 1. The van der Waals surface area contributed by atoms with E-state index in [2.05, 4.69) is 6.07 Å². The van der Waals surface area contributed by atoms with Gasteiger partial charge in [0.15, 0.2) is 0 Å². The molecule has 0 amide bonds. The summed E-state index contributed by atoms with van der Waals surface area (Å²) < 4.78 is 16.1. The predicted octanol–water partition coefficient (Wildman–Crippen LogP) is 2.27. The van der Waals surface area contributed by atoms with Gasteiger partial charge in [-0.05, 0) is 31.0 Å². The van der Waals surface area contributed by atoms with Gasteiger partial charge in [-0.25, -0.2) is 4.79 Å². The number of benzene rings is 1. The number of nitrogens with two attached hydrogens (primary N) is 1. The Labute approximate surface area is 140 Å². The van der Waals surface area contributed by atoms with E-state index in [0.29, 0.717) is 17.9 Å². The Bertz CT molecular complexity index is 802. The zero-order chi connectivity index (χ0) is 17.3. The Morgan fingerprint density at radius 2 is 2.29 bits per heavy atom. The summed E-state index contributed by atoms with van der Waals surface area (Å²) in [4.78, 5) is 12.4. The van der Waals surface area contributed by atoms with Crippen molar-refractivity contribution in [1.29, 1.82) is 5.26 Å². The highest BCUT2D eigenvalue weighted by Crippen LogP contribution is 2.41. The van der Waals surface area contributed by atoms with Gasteiger partial charge < -0.3 is 19.9 Å². The van der Waals surface area contributed by atoms with Crippen LogP contribution in [0.2, 0.25) is 0 Å². The van der Waals surface area contributed by atoms with Crippen LogP contribution >= 0.6 is 0 Å². The van der Waals surface area contributed by atoms with Crippen LogP contribution in [0, 0.1) is 11.3 Å². The van der Waals surface area contributed by atoms with Gasteiger partial charge in [-0.3, -0.25) is 0 Å². The molecule has 6 nitrogen and oxygen atoms in total. The third-order valence-corrected chi connectivity index (χ3v) is 4.15. The highest BCUT2D eigenvalue weighted by molar-refractivity contribution is 5.92. The molecule has 2 aliphatic heterocycles. The number of hydrogen-bond donors (Lipinski definition) is 1. The molecule has 1 aromatic carbocycles. The van der Waals surface area contributed by atoms with E-state index < -0.39 is 11.9 Å². The molecule has 24 heavy (non-hydrogen) atoms. The Morgan fingerprint density at radius 3 is 3.00 bits per heavy atom. The fourth-order valence-corrected chi connectivity index (χ4v) is 3.07. The van der Waals surface area contributed by atoms with Crippen LogP contribution in [0.25, 0.3) is 0 Å². The van der Waals surface area contributed by atoms with Gasteiger partial charge in [0.25, 0.3) is 0 Å². The SMILES string of the molecule is CCOC(=O)C1=C(C)OC(N)=C(C#N)[C@H]1c1ccc2c(c1)CCO2. The lowest BCUT2D eigenvalue weighted by Gasteiger charge is -2.27. The summed E-state index contributed by atoms with van der Waals surface area (Å²) >= 11 is 0. The number of fused-ring (bicyclic) bond motifs is 1. The van der Waals surface area contributed by atoms with Crippen molar-refractivity contribution in [3.63, 3.8) is 0 Å². The van der Waals surface area contributed by atoms with Crippen molar-refractivity contribution in [2.24, 2.45) is 5.73 Å². The Kier molecular flexibility index (Phi) is 4.17. The van der Waals surface area contributed by atoms with Gasteiger partial charge in [0.05, 0.1) is 24.7 Å². The molecule has 0 saturated carbocycles. The molecule has 2 N–H and O–H groups in total. The number of ether oxygens (including phenoxy) is 3. The number of rotatable bonds is 3. The molecule has 0 radical (unpaired) electrons. The molecule has 2 heterocycles. The standard InChI is InChI=1S/C18H18N2O4/c1-3-22-18(21)15-10(2)24-17(20)13(9-19)16(15)12-4-5-14-11(8-12)6-7-23-14/h4-5,8,16H,3,6-7,20H2,1-2H3/t16-/m1/s1. The van der Waals surface area contributed by atoms with E-state index in [-0.39, 0.29) is 18.1 Å². The van der Waals surface area contributed by atoms with Crippen LogP contribution in [0.1, 0.15) is 30.9 Å². The van der Waals surface area contributed by atoms with Crippen molar-refractivity contribution in [2.45, 2.75) is 26.2 Å². The predicted molar refractivity (Wildman–Crippen MR) is 85.6 cm³/mol. The summed E-state index contributed by atoms with van der Waals surface area (Å²) in [7, 11) is 0. The summed E-state index contributed by atoms with van der Waals surface area (Å²) in [6.07, 6.45) is 0.797. The molecule has 0 unspecified atom stereocenters. The molecule has 1 atom stereocenters. The first-order valence-electron chi connectivity index (χ1n) is 7.77. The average molecular weight is 326 g/mol. The van der Waals surface area contributed by atoms with Crippen molar-refractivity contribution in [2.75, 3.05) is 13.2 Å². The Hall–Kier alpha value is -2.94. The van der Waals surface area contributed by atoms with E-state index >= 15 is 0 Å². The molecular formula is C18H18N2O4. The molecule has 1 aromatic rings. The zero-order valence-corrected chi connectivity index (χ0v) is 13.6. The highest BCUT2D eigenvalue weighted by atomic mass is 16.5. The molecular weight excluding hydrogens is 308 g/mol. The lowest BCUT2D eigenvalue weighted by Crippen LogP contribution is -2.25. The van der Waals surface area contributed by atoms with E-state index in [1.807, 2.05) is 18.2 Å². The first-order valence-corrected chi connectivity index (χ1v) is 7.77. The number of hydrogen-bond acceptors (Lipinski definition) is 6. The zero-order valence-electron chi connectivity index (χ0n) is 13.6. The maximum atomic E-state index is 12.4. The first kappa shape index (κ1) is 15.9. The van der Waals surface area contributed by atoms with Gasteiger partial charge in [0, 0.05) is 6.42 Å². The van der Waals surface area contributed by atoms with Crippen LogP contribution < -0.4 is 10.5 Å². The van der Waals surface area contributed by atoms with Crippen molar-refractivity contribution in [1.82, 2.24) is 0 Å². The van der Waals surface area contributed by atoms with Gasteiger partial charge in [-0.15, -0.1) is 0 Å². The fourth-order valence-electron chi connectivity index (χ4n) is 3.07. The Morgan fingerprint density at radius 1 is 1.50 bits per heavy atom. The molecule has 6 heteroatoms. The van der Waals surface area contributed by atoms with E-state index in [4.69, 9.17) is 19.9 Å². The molecule has 0 spiro atoms. The summed E-state index contributed by atoms with van der Waals surface area (Å²) in [5, 5.41) is 9.54. The van der Waals surface area contributed by atoms with Crippen LogP contribution in [-0.2, 0) is 20.7 Å². The summed E-state index contributed by atoms with van der Waals surface area (Å²) in [6, 6.07) is 7.73. The van der Waals surface area contributed by atoms with Crippen LogP contribution in [0.5, 0.6) is 5.75 Å². The van der Waals surface area contributed by atoms with Crippen LogP contribution in [-0.4, -0.2) is 19.2 Å². The normalized spacial score (nSPS) is 19.3. The summed E-state index contributed by atoms with van der Waals surface area (Å²) in [5.41, 5.74) is 8.25. The third-order valence-electron chi connectivity index (χ3n) is 4.15. The molecule has 0 saturated heterocycles. The number of esters is 1. The van der Waals surface area contributed by atoms with Crippen molar-refractivity contribution < 1.29 is 19.0 Å². The van der Waals surface area contributed by atoms with Crippen LogP contribution in [0.3, 0.4) is 0 Å². The monoisotopic (exact) mass is 326 g/mol. The molecule has 0 aromatic heterocycles. The molecule has 0 aliphatic carbocycles. The molecule has 0 bridgehead atoms. The topological polar surface area (TPSA) is 94.6 Å². The summed E-state index contributed by atoms with van der Waals surface area (Å²) in [6.45, 7) is 4.25. The molecule has 3 rings (SSSR count).